The molecule has 0 amide bonds. The van der Waals surface area contributed by atoms with Crippen molar-refractivity contribution in [3.8, 4) is 6.07 Å². The second-order valence-electron chi connectivity index (χ2n) is 4.37. The number of hydrogen-bond donors (Lipinski definition) is 1. The van der Waals surface area contributed by atoms with Crippen molar-refractivity contribution in [1.82, 2.24) is 4.31 Å². The molecule has 0 aliphatic carbocycles. The Balaban J connectivity index is 2.51. The largest absolute Gasteiger partial charge is 0.480 e. The molecule has 0 unspecified atom stereocenters. The highest BCUT2D eigenvalue weighted by atomic mass is 35.5. The fraction of sp³-hybridized carbons (Fsp3) is 0.333. The van der Waals surface area contributed by atoms with Crippen LogP contribution in [0.25, 0.3) is 0 Å². The summed E-state index contributed by atoms with van der Waals surface area (Å²) >= 11 is 5.88. The monoisotopic (exact) mass is 314 g/mol. The number of halogens is 1. The van der Waals surface area contributed by atoms with Crippen LogP contribution in [0.1, 0.15) is 18.4 Å². The number of sulfonamides is 1. The highest BCUT2D eigenvalue weighted by Crippen LogP contribution is 2.30. The summed E-state index contributed by atoms with van der Waals surface area (Å²) in [5.41, 5.74) is 0.152. The number of aliphatic carboxylic acids is 1. The van der Waals surface area contributed by atoms with Gasteiger partial charge < -0.3 is 5.11 Å². The van der Waals surface area contributed by atoms with Crippen LogP contribution >= 0.6 is 11.6 Å². The molecule has 1 N–H and O–H groups in total. The van der Waals surface area contributed by atoms with E-state index in [1.54, 1.807) is 0 Å². The number of carboxylic acid groups (broad SMARTS) is 1. The third-order valence-electron chi connectivity index (χ3n) is 3.14. The minimum Gasteiger partial charge on any atom is -0.480 e. The molecule has 0 bridgehead atoms. The summed E-state index contributed by atoms with van der Waals surface area (Å²) in [4.78, 5) is 10.9. The lowest BCUT2D eigenvalue weighted by Crippen LogP contribution is -2.40. The van der Waals surface area contributed by atoms with E-state index in [0.717, 1.165) is 10.4 Å². The fourth-order valence-electron chi connectivity index (χ4n) is 2.17. The zero-order valence-electron chi connectivity index (χ0n) is 10.3. The van der Waals surface area contributed by atoms with E-state index in [1.807, 2.05) is 6.07 Å². The van der Waals surface area contributed by atoms with E-state index in [2.05, 4.69) is 0 Å². The Morgan fingerprint density at radius 1 is 1.50 bits per heavy atom. The van der Waals surface area contributed by atoms with E-state index in [4.69, 9.17) is 22.0 Å². The summed E-state index contributed by atoms with van der Waals surface area (Å²) < 4.78 is 25.9. The second kappa shape index (κ2) is 5.40. The second-order valence-corrected chi connectivity index (χ2v) is 6.64. The van der Waals surface area contributed by atoms with Crippen LogP contribution in [0.4, 0.5) is 0 Å². The number of nitrogens with zero attached hydrogens (tertiary/aromatic N) is 2. The van der Waals surface area contributed by atoms with E-state index < -0.39 is 22.0 Å². The van der Waals surface area contributed by atoms with Gasteiger partial charge in [0.2, 0.25) is 10.0 Å². The summed E-state index contributed by atoms with van der Waals surface area (Å²) in [6.45, 7) is 0.131. The van der Waals surface area contributed by atoms with Crippen LogP contribution < -0.4 is 0 Å². The summed E-state index contributed by atoms with van der Waals surface area (Å²) in [6.07, 6.45) is 0.746. The average Bonchev–Trinajstić information content (AvgIpc) is 2.89. The van der Waals surface area contributed by atoms with Gasteiger partial charge in [-0.2, -0.15) is 9.57 Å². The molecule has 0 spiro atoms. The Morgan fingerprint density at radius 2 is 2.20 bits per heavy atom. The van der Waals surface area contributed by atoms with Gasteiger partial charge in [0.05, 0.1) is 16.7 Å². The molecule has 8 heteroatoms. The SMILES string of the molecule is N#Cc1ccc(Cl)c(S(=O)(=O)N2CCC[C@H]2C(=O)O)c1. The van der Waals surface area contributed by atoms with Crippen LogP contribution in [0.15, 0.2) is 23.1 Å². The van der Waals surface area contributed by atoms with Gasteiger partial charge in [-0.15, -0.1) is 0 Å². The molecule has 0 saturated carbocycles. The Hall–Kier alpha value is -1.62. The highest BCUT2D eigenvalue weighted by Gasteiger charge is 2.40. The van der Waals surface area contributed by atoms with Crippen molar-refractivity contribution in [3.63, 3.8) is 0 Å². The minimum atomic E-state index is -4.03. The number of benzene rings is 1. The van der Waals surface area contributed by atoms with Crippen molar-refractivity contribution >= 4 is 27.6 Å². The van der Waals surface area contributed by atoms with Gasteiger partial charge in [-0.05, 0) is 31.0 Å². The third kappa shape index (κ3) is 2.50. The molecule has 0 radical (unpaired) electrons. The van der Waals surface area contributed by atoms with E-state index in [0.29, 0.717) is 6.42 Å². The predicted molar refractivity (Wildman–Crippen MR) is 70.7 cm³/mol. The number of carbonyl (C=O) groups is 1. The number of carboxylic acids is 1. The normalized spacial score (nSPS) is 19.7. The fourth-order valence-corrected chi connectivity index (χ4v) is 4.32. The standard InChI is InChI=1S/C12H11ClN2O4S/c13-9-4-3-8(7-14)6-11(9)20(18,19)15-5-1-2-10(15)12(16)17/h3-4,6,10H,1-2,5H2,(H,16,17)/t10-/m0/s1. The van der Waals surface area contributed by atoms with Crippen molar-refractivity contribution in [1.29, 1.82) is 5.26 Å². The molecule has 1 heterocycles. The molecule has 1 fully saturated rings. The van der Waals surface area contributed by atoms with Crippen LogP contribution in [0.3, 0.4) is 0 Å². The van der Waals surface area contributed by atoms with Gasteiger partial charge in [-0.25, -0.2) is 8.42 Å². The highest BCUT2D eigenvalue weighted by molar-refractivity contribution is 7.89. The lowest BCUT2D eigenvalue weighted by Gasteiger charge is -2.21. The molecule has 106 valence electrons. The van der Waals surface area contributed by atoms with Gasteiger partial charge in [0.1, 0.15) is 10.9 Å². The quantitative estimate of drug-likeness (QED) is 0.910. The molecule has 1 aliphatic rings. The maximum absolute atomic E-state index is 12.5. The van der Waals surface area contributed by atoms with Crippen molar-refractivity contribution in [2.45, 2.75) is 23.8 Å². The van der Waals surface area contributed by atoms with Crippen molar-refractivity contribution in [2.75, 3.05) is 6.54 Å². The minimum absolute atomic E-state index is 0.0277. The van der Waals surface area contributed by atoms with Crippen LogP contribution in [-0.2, 0) is 14.8 Å². The Bertz CT molecular complexity index is 696. The maximum atomic E-state index is 12.5. The van der Waals surface area contributed by atoms with E-state index in [1.165, 1.54) is 12.1 Å². The maximum Gasteiger partial charge on any atom is 0.322 e. The van der Waals surface area contributed by atoms with Gasteiger partial charge in [-0.1, -0.05) is 11.6 Å². The number of rotatable bonds is 3. The van der Waals surface area contributed by atoms with Gasteiger partial charge in [0.25, 0.3) is 0 Å². The molecular weight excluding hydrogens is 304 g/mol. The Kier molecular flexibility index (Phi) is 3.99. The molecule has 1 saturated heterocycles. The van der Waals surface area contributed by atoms with Crippen molar-refractivity contribution in [2.24, 2.45) is 0 Å². The Labute approximate surface area is 121 Å². The first-order valence-corrected chi connectivity index (χ1v) is 7.64. The zero-order chi connectivity index (χ0) is 14.9. The van der Waals surface area contributed by atoms with E-state index in [-0.39, 0.29) is 28.4 Å². The summed E-state index contributed by atoms with van der Waals surface area (Å²) in [5, 5.41) is 17.9. The first-order valence-electron chi connectivity index (χ1n) is 5.82. The summed E-state index contributed by atoms with van der Waals surface area (Å²) in [6, 6.07) is 4.63. The Morgan fingerprint density at radius 3 is 2.80 bits per heavy atom. The van der Waals surface area contributed by atoms with Crippen LogP contribution in [-0.4, -0.2) is 36.4 Å². The lowest BCUT2D eigenvalue weighted by molar-refractivity contribution is -0.140. The lowest BCUT2D eigenvalue weighted by atomic mass is 10.2. The summed E-state index contributed by atoms with van der Waals surface area (Å²) in [5.74, 6) is -1.18. The molecule has 1 aliphatic heterocycles. The van der Waals surface area contributed by atoms with Crippen molar-refractivity contribution < 1.29 is 18.3 Å². The van der Waals surface area contributed by atoms with Crippen LogP contribution in [0, 0.1) is 11.3 Å². The molecule has 1 aromatic rings. The van der Waals surface area contributed by atoms with Crippen molar-refractivity contribution in [3.05, 3.63) is 28.8 Å². The van der Waals surface area contributed by atoms with Crippen LogP contribution in [0.5, 0.6) is 0 Å². The third-order valence-corrected chi connectivity index (χ3v) is 5.53. The molecule has 1 atom stereocenters. The van der Waals surface area contributed by atoms with Gasteiger partial charge in [-0.3, -0.25) is 4.79 Å². The first-order chi connectivity index (χ1) is 9.37. The van der Waals surface area contributed by atoms with Gasteiger partial charge in [0, 0.05) is 6.54 Å². The number of hydrogen-bond acceptors (Lipinski definition) is 4. The molecule has 1 aromatic carbocycles. The zero-order valence-corrected chi connectivity index (χ0v) is 11.9. The van der Waals surface area contributed by atoms with Gasteiger partial charge in [0.15, 0.2) is 0 Å². The smallest absolute Gasteiger partial charge is 0.322 e. The molecule has 0 aromatic heterocycles. The van der Waals surface area contributed by atoms with Gasteiger partial charge >= 0.3 is 5.97 Å². The molecule has 2 rings (SSSR count). The topological polar surface area (TPSA) is 98.5 Å². The predicted octanol–water partition coefficient (Wildman–Crippen LogP) is 1.45. The van der Waals surface area contributed by atoms with E-state index in [9.17, 15) is 13.2 Å². The summed E-state index contributed by atoms with van der Waals surface area (Å²) in [7, 11) is -4.03. The molecule has 6 nitrogen and oxygen atoms in total. The molecular formula is C12H11ClN2O4S. The molecule has 20 heavy (non-hydrogen) atoms. The average molecular weight is 315 g/mol. The first kappa shape index (κ1) is 14.8. The van der Waals surface area contributed by atoms with Crippen LogP contribution in [0.2, 0.25) is 5.02 Å². The van der Waals surface area contributed by atoms with E-state index >= 15 is 0 Å². The number of nitriles is 1.